The molecule has 1 aliphatic rings. The first kappa shape index (κ1) is 18.9. The molecule has 9 nitrogen and oxygen atoms in total. The first-order valence-electron chi connectivity index (χ1n) is 8.71. The minimum Gasteiger partial charge on any atom is -0.504 e. The predicted molar refractivity (Wildman–Crippen MR) is 105 cm³/mol. The number of benzene rings is 3. The summed E-state index contributed by atoms with van der Waals surface area (Å²) in [5.74, 6) is -0.651. The largest absolute Gasteiger partial charge is 0.504 e. The Morgan fingerprint density at radius 1 is 0.933 bits per heavy atom. The number of ether oxygens (including phenoxy) is 2. The number of imide groups is 1. The number of non-ortho nitro benzene ring substituents is 1. The Balaban J connectivity index is 1.64. The highest BCUT2D eigenvalue weighted by atomic mass is 16.6. The number of methoxy groups -OCH3 is 1. The van der Waals surface area contributed by atoms with Gasteiger partial charge in [0.1, 0.15) is 11.5 Å². The van der Waals surface area contributed by atoms with E-state index in [0.717, 1.165) is 4.90 Å². The van der Waals surface area contributed by atoms with Gasteiger partial charge >= 0.3 is 0 Å². The molecule has 0 saturated heterocycles. The Morgan fingerprint density at radius 2 is 1.67 bits per heavy atom. The standard InChI is InChI=1S/C21H14N2O7/c1-29-19-8-5-12(10-18(19)24)22-20(25)16-7-6-15(11-17(16)21(22)26)30-14-4-2-3-13(9-14)23(27)28/h2-11,24H,1H3. The first-order chi connectivity index (χ1) is 14.4. The number of phenols is 1. The molecule has 4 rings (SSSR count). The fraction of sp³-hybridized carbons (Fsp3) is 0.0476. The zero-order valence-electron chi connectivity index (χ0n) is 15.6. The second-order valence-corrected chi connectivity index (χ2v) is 6.37. The number of nitrogens with zero attached hydrogens (tertiary/aromatic N) is 2. The van der Waals surface area contributed by atoms with Gasteiger partial charge in [0.25, 0.3) is 17.5 Å². The number of phenolic OH excluding ortho intramolecular Hbond substituents is 1. The SMILES string of the molecule is COc1ccc(N2C(=O)c3ccc(Oc4cccc([N+](=O)[O-])c4)cc3C2=O)cc1O. The summed E-state index contributed by atoms with van der Waals surface area (Å²) in [6.45, 7) is 0. The van der Waals surface area contributed by atoms with Crippen molar-refractivity contribution in [2.24, 2.45) is 0 Å². The molecule has 3 aromatic carbocycles. The van der Waals surface area contributed by atoms with Crippen molar-refractivity contribution in [3.05, 3.63) is 81.9 Å². The van der Waals surface area contributed by atoms with Gasteiger partial charge in [-0.15, -0.1) is 0 Å². The average Bonchev–Trinajstić information content (AvgIpc) is 2.98. The Kier molecular flexibility index (Phi) is 4.55. The summed E-state index contributed by atoms with van der Waals surface area (Å²) in [7, 11) is 1.39. The number of nitro groups is 1. The molecule has 0 aliphatic carbocycles. The molecule has 3 aromatic rings. The van der Waals surface area contributed by atoms with E-state index in [9.17, 15) is 24.8 Å². The maximum atomic E-state index is 12.9. The molecule has 0 unspecified atom stereocenters. The number of anilines is 1. The molecule has 0 spiro atoms. The smallest absolute Gasteiger partial charge is 0.273 e. The normalized spacial score (nSPS) is 12.6. The molecule has 1 heterocycles. The lowest BCUT2D eigenvalue weighted by Crippen LogP contribution is -2.29. The third-order valence-corrected chi connectivity index (χ3v) is 4.54. The van der Waals surface area contributed by atoms with Crippen molar-refractivity contribution >= 4 is 23.2 Å². The number of nitro benzene ring substituents is 1. The summed E-state index contributed by atoms with van der Waals surface area (Å²) in [5, 5.41) is 20.9. The van der Waals surface area contributed by atoms with Gasteiger partial charge in [0, 0.05) is 12.1 Å². The van der Waals surface area contributed by atoms with Crippen molar-refractivity contribution in [2.75, 3.05) is 12.0 Å². The topological polar surface area (TPSA) is 119 Å². The summed E-state index contributed by atoms with van der Waals surface area (Å²) < 4.78 is 10.6. The van der Waals surface area contributed by atoms with Crippen LogP contribution in [0.4, 0.5) is 11.4 Å². The molecule has 150 valence electrons. The second-order valence-electron chi connectivity index (χ2n) is 6.37. The van der Waals surface area contributed by atoms with E-state index in [1.807, 2.05) is 0 Å². The van der Waals surface area contributed by atoms with E-state index < -0.39 is 16.7 Å². The van der Waals surface area contributed by atoms with Crippen LogP contribution in [0, 0.1) is 10.1 Å². The van der Waals surface area contributed by atoms with Gasteiger partial charge in [0.15, 0.2) is 11.5 Å². The van der Waals surface area contributed by atoms with Crippen molar-refractivity contribution < 1.29 is 29.1 Å². The maximum absolute atomic E-state index is 12.9. The highest BCUT2D eigenvalue weighted by Gasteiger charge is 2.37. The molecule has 0 fully saturated rings. The third kappa shape index (κ3) is 3.18. The Bertz CT molecular complexity index is 1210. The second kappa shape index (κ2) is 7.21. The summed E-state index contributed by atoms with van der Waals surface area (Å²) in [6, 6.07) is 14.2. The van der Waals surface area contributed by atoms with E-state index >= 15 is 0 Å². The average molecular weight is 406 g/mol. The molecule has 0 radical (unpaired) electrons. The number of rotatable bonds is 5. The minimum absolute atomic E-state index is 0.123. The lowest BCUT2D eigenvalue weighted by atomic mass is 10.1. The highest BCUT2D eigenvalue weighted by Crippen LogP contribution is 2.36. The number of aromatic hydroxyl groups is 1. The fourth-order valence-electron chi connectivity index (χ4n) is 3.13. The summed E-state index contributed by atoms with van der Waals surface area (Å²) in [5.41, 5.74) is 0.367. The Hall–Kier alpha value is -4.40. The maximum Gasteiger partial charge on any atom is 0.273 e. The van der Waals surface area contributed by atoms with Crippen LogP contribution in [0.3, 0.4) is 0 Å². The molecular formula is C21H14N2O7. The van der Waals surface area contributed by atoms with Crippen LogP contribution in [0.1, 0.15) is 20.7 Å². The van der Waals surface area contributed by atoms with Crippen molar-refractivity contribution in [2.45, 2.75) is 0 Å². The van der Waals surface area contributed by atoms with Gasteiger partial charge in [-0.2, -0.15) is 0 Å². The number of hydrogen-bond acceptors (Lipinski definition) is 7. The molecule has 1 aliphatic heterocycles. The van der Waals surface area contributed by atoms with Crippen LogP contribution in [-0.4, -0.2) is 29.0 Å². The molecule has 9 heteroatoms. The van der Waals surface area contributed by atoms with Crippen molar-refractivity contribution in [1.29, 1.82) is 0 Å². The van der Waals surface area contributed by atoms with Crippen LogP contribution in [0.15, 0.2) is 60.7 Å². The van der Waals surface area contributed by atoms with Gasteiger partial charge < -0.3 is 14.6 Å². The van der Waals surface area contributed by atoms with E-state index in [0.29, 0.717) is 0 Å². The van der Waals surface area contributed by atoms with Crippen LogP contribution in [0.5, 0.6) is 23.0 Å². The van der Waals surface area contributed by atoms with Crippen LogP contribution < -0.4 is 14.4 Å². The van der Waals surface area contributed by atoms with E-state index in [4.69, 9.17) is 9.47 Å². The number of carbonyl (C=O) groups is 2. The summed E-state index contributed by atoms with van der Waals surface area (Å²) in [4.78, 5) is 36.9. The van der Waals surface area contributed by atoms with Crippen molar-refractivity contribution in [3.8, 4) is 23.0 Å². The molecule has 30 heavy (non-hydrogen) atoms. The van der Waals surface area contributed by atoms with E-state index in [1.165, 1.54) is 61.7 Å². The number of fused-ring (bicyclic) bond motifs is 1. The van der Waals surface area contributed by atoms with Crippen molar-refractivity contribution in [3.63, 3.8) is 0 Å². The number of amides is 2. The monoisotopic (exact) mass is 406 g/mol. The summed E-state index contributed by atoms with van der Waals surface area (Å²) >= 11 is 0. The lowest BCUT2D eigenvalue weighted by molar-refractivity contribution is -0.384. The minimum atomic E-state index is -0.580. The van der Waals surface area contributed by atoms with Crippen molar-refractivity contribution in [1.82, 2.24) is 0 Å². The molecule has 0 atom stereocenters. The lowest BCUT2D eigenvalue weighted by Gasteiger charge is -2.15. The first-order valence-corrected chi connectivity index (χ1v) is 8.71. The number of carbonyl (C=O) groups excluding carboxylic acids is 2. The number of hydrogen-bond donors (Lipinski definition) is 1. The molecular weight excluding hydrogens is 392 g/mol. The van der Waals surface area contributed by atoms with E-state index in [-0.39, 0.29) is 45.5 Å². The third-order valence-electron chi connectivity index (χ3n) is 4.54. The van der Waals surface area contributed by atoms with E-state index in [1.54, 1.807) is 6.07 Å². The van der Waals surface area contributed by atoms with Gasteiger partial charge in [-0.1, -0.05) is 6.07 Å². The quantitative estimate of drug-likeness (QED) is 0.388. The molecule has 0 aromatic heterocycles. The zero-order chi connectivity index (χ0) is 21.4. The van der Waals surface area contributed by atoms with Gasteiger partial charge in [-0.3, -0.25) is 19.7 Å². The van der Waals surface area contributed by atoms with Gasteiger partial charge in [0.05, 0.1) is 34.9 Å². The summed E-state index contributed by atoms with van der Waals surface area (Å²) in [6.07, 6.45) is 0. The van der Waals surface area contributed by atoms with E-state index in [2.05, 4.69) is 0 Å². The molecule has 2 amide bonds. The molecule has 0 bridgehead atoms. The zero-order valence-corrected chi connectivity index (χ0v) is 15.6. The molecule has 1 N–H and O–H groups in total. The Labute approximate surface area is 169 Å². The highest BCUT2D eigenvalue weighted by molar-refractivity contribution is 6.34. The van der Waals surface area contributed by atoms with Crippen LogP contribution in [0.25, 0.3) is 0 Å². The Morgan fingerprint density at radius 3 is 2.37 bits per heavy atom. The fourth-order valence-corrected chi connectivity index (χ4v) is 3.13. The van der Waals surface area contributed by atoms with Crippen LogP contribution in [-0.2, 0) is 0 Å². The predicted octanol–water partition coefficient (Wildman–Crippen LogP) is 3.90. The van der Waals surface area contributed by atoms with Gasteiger partial charge in [-0.05, 0) is 36.4 Å². The van der Waals surface area contributed by atoms with Crippen LogP contribution >= 0.6 is 0 Å². The van der Waals surface area contributed by atoms with Gasteiger partial charge in [-0.25, -0.2) is 4.90 Å². The molecule has 0 saturated carbocycles. The van der Waals surface area contributed by atoms with Gasteiger partial charge in [0.2, 0.25) is 0 Å². The van der Waals surface area contributed by atoms with Crippen LogP contribution in [0.2, 0.25) is 0 Å².